The highest BCUT2D eigenvalue weighted by Crippen LogP contribution is 2.39. The highest BCUT2D eigenvalue weighted by atomic mass is 35.5. The molecule has 1 aliphatic heterocycles. The lowest BCUT2D eigenvalue weighted by atomic mass is 10.1. The molecule has 2 fully saturated rings. The lowest BCUT2D eigenvalue weighted by Gasteiger charge is -2.16. The van der Waals surface area contributed by atoms with E-state index >= 15 is 4.39 Å². The highest BCUT2D eigenvalue weighted by molar-refractivity contribution is 6.32. The molecule has 0 bridgehead atoms. The molecule has 1 atom stereocenters. The van der Waals surface area contributed by atoms with E-state index in [0.717, 1.165) is 12.8 Å². The predicted octanol–water partition coefficient (Wildman–Crippen LogP) is 3.35. The average molecular weight is 538 g/mol. The van der Waals surface area contributed by atoms with Crippen LogP contribution in [-0.4, -0.2) is 56.7 Å². The Morgan fingerprint density at radius 1 is 1.34 bits per heavy atom. The fourth-order valence-electron chi connectivity index (χ4n) is 4.73. The number of hydrogen-bond donors (Lipinski definition) is 2. The number of carbonyl (C=O) groups is 2. The second kappa shape index (κ2) is 9.87. The molecule has 2 amide bonds. The Morgan fingerprint density at radius 3 is 2.74 bits per heavy atom. The Kier molecular flexibility index (Phi) is 6.59. The summed E-state index contributed by atoms with van der Waals surface area (Å²) >= 11 is 6.36. The van der Waals surface area contributed by atoms with Crippen LogP contribution in [0.3, 0.4) is 0 Å². The number of anilines is 1. The number of ether oxygens (including phenoxy) is 1. The van der Waals surface area contributed by atoms with E-state index in [9.17, 15) is 9.59 Å². The van der Waals surface area contributed by atoms with E-state index in [2.05, 4.69) is 33.8 Å². The fourth-order valence-corrected chi connectivity index (χ4v) is 4.92. The van der Waals surface area contributed by atoms with Crippen LogP contribution in [0.2, 0.25) is 5.02 Å². The smallest absolute Gasteiger partial charge is 0.255 e. The Labute approximate surface area is 222 Å². The number of halogens is 2. The molecule has 0 unspecified atom stereocenters. The number of rotatable bonds is 6. The minimum absolute atomic E-state index is 0.0708. The van der Waals surface area contributed by atoms with Crippen LogP contribution >= 0.6 is 11.6 Å². The van der Waals surface area contributed by atoms with Gasteiger partial charge < -0.3 is 25.3 Å². The summed E-state index contributed by atoms with van der Waals surface area (Å²) in [4.78, 5) is 30.7. The summed E-state index contributed by atoms with van der Waals surface area (Å²) in [6, 6.07) is 1.50. The molecular formula is C26H25ClFN7O3. The van der Waals surface area contributed by atoms with Crippen LogP contribution in [-0.2, 0) is 9.53 Å². The van der Waals surface area contributed by atoms with Crippen LogP contribution in [0.4, 0.5) is 10.2 Å². The zero-order chi connectivity index (χ0) is 27.1. The van der Waals surface area contributed by atoms with Gasteiger partial charge in [-0.3, -0.25) is 9.59 Å². The molecule has 12 heteroatoms. The lowest BCUT2D eigenvalue weighted by Crippen LogP contribution is -2.27. The van der Waals surface area contributed by atoms with Gasteiger partial charge in [-0.2, -0.15) is 5.10 Å². The topological polar surface area (TPSA) is 120 Å². The van der Waals surface area contributed by atoms with Crippen LogP contribution in [0, 0.1) is 17.7 Å². The number of amides is 2. The van der Waals surface area contributed by atoms with Crippen molar-refractivity contribution in [2.45, 2.75) is 31.3 Å². The Bertz CT molecular complexity index is 1570. The van der Waals surface area contributed by atoms with Crippen molar-refractivity contribution in [3.05, 3.63) is 64.7 Å². The van der Waals surface area contributed by atoms with Gasteiger partial charge in [-0.15, -0.1) is 0 Å². The molecule has 38 heavy (non-hydrogen) atoms. The number of hydrogen-bond acceptors (Lipinski definition) is 6. The molecule has 196 valence electrons. The van der Waals surface area contributed by atoms with E-state index in [0.29, 0.717) is 29.0 Å². The molecule has 0 spiro atoms. The zero-order valence-electron chi connectivity index (χ0n) is 20.8. The second-order valence-electron chi connectivity index (χ2n) is 9.04. The molecule has 2 aromatic heterocycles. The maximum Gasteiger partial charge on any atom is 0.255 e. The second-order valence-corrected chi connectivity index (χ2v) is 9.42. The normalized spacial score (nSPS) is 17.9. The van der Waals surface area contributed by atoms with Crippen LogP contribution in [0.1, 0.15) is 53.0 Å². The molecule has 1 saturated heterocycles. The van der Waals surface area contributed by atoms with E-state index in [-0.39, 0.29) is 46.4 Å². The molecule has 3 aromatic rings. The number of fused-ring (bicyclic) bond motifs is 1. The predicted molar refractivity (Wildman–Crippen MR) is 140 cm³/mol. The molecule has 10 nitrogen and oxygen atoms in total. The third-order valence-electron chi connectivity index (χ3n) is 6.61. The van der Waals surface area contributed by atoms with Crippen molar-refractivity contribution in [3.63, 3.8) is 0 Å². The number of aromatic nitrogens is 4. The van der Waals surface area contributed by atoms with E-state index in [1.807, 2.05) is 0 Å². The van der Waals surface area contributed by atoms with Gasteiger partial charge in [0, 0.05) is 31.6 Å². The monoisotopic (exact) mass is 537 g/mol. The number of nitrogens with zero attached hydrogens (tertiary/aromatic N) is 5. The Morgan fingerprint density at radius 2 is 2.11 bits per heavy atom. The van der Waals surface area contributed by atoms with Gasteiger partial charge in [0.1, 0.15) is 23.2 Å². The van der Waals surface area contributed by atoms with Gasteiger partial charge in [-0.1, -0.05) is 24.1 Å². The number of allylic oxidation sites excluding steroid dienone is 1. The molecule has 3 heterocycles. The average Bonchev–Trinajstić information content (AvgIpc) is 3.34. The third kappa shape index (κ3) is 4.26. The molecule has 2 aliphatic rings. The fraction of sp³-hybridized carbons (Fsp3) is 0.308. The quantitative estimate of drug-likeness (QED) is 0.283. The largest absolute Gasteiger partial charge is 0.503 e. The van der Waals surface area contributed by atoms with E-state index in [4.69, 9.17) is 22.1 Å². The summed E-state index contributed by atoms with van der Waals surface area (Å²) in [7, 11) is 3.12. The first-order valence-corrected chi connectivity index (χ1v) is 12.3. The van der Waals surface area contributed by atoms with Crippen LogP contribution in [0.25, 0.3) is 11.0 Å². The number of methoxy groups -OCH3 is 1. The molecule has 0 radical (unpaired) electrons. The molecule has 1 saturated carbocycles. The van der Waals surface area contributed by atoms with Gasteiger partial charge in [0.05, 0.1) is 35.7 Å². The van der Waals surface area contributed by atoms with E-state index in [1.54, 1.807) is 28.7 Å². The third-order valence-corrected chi connectivity index (χ3v) is 6.98. The first-order chi connectivity index (χ1) is 18.3. The van der Waals surface area contributed by atoms with Gasteiger partial charge >= 0.3 is 0 Å². The number of benzene rings is 1. The van der Waals surface area contributed by atoms with Crippen LogP contribution in [0.5, 0.6) is 0 Å². The molecular weight excluding hydrogens is 513 g/mol. The summed E-state index contributed by atoms with van der Waals surface area (Å²) in [5.74, 6) is 4.39. The van der Waals surface area contributed by atoms with E-state index in [1.165, 1.54) is 24.3 Å². The zero-order valence-corrected chi connectivity index (χ0v) is 21.5. The number of nitrogens with two attached hydrogens (primary N) is 1. The van der Waals surface area contributed by atoms with Gasteiger partial charge in [0.15, 0.2) is 11.5 Å². The van der Waals surface area contributed by atoms with E-state index < -0.39 is 11.7 Å². The van der Waals surface area contributed by atoms with Crippen molar-refractivity contribution in [2.24, 2.45) is 5.73 Å². The SMILES string of the molecule is C=CC(=O)N1C[C@@H](n2nc(C#Cc3cc4ncn(C5CC5)c4c(F)c3Cl)c(C(N)=O)c2NC)C/C1=C\OC. The number of imidazole rings is 1. The summed E-state index contributed by atoms with van der Waals surface area (Å²) in [5, 5.41) is 7.39. The minimum atomic E-state index is -0.745. The van der Waals surface area contributed by atoms with Gasteiger partial charge in [-0.05, 0) is 30.9 Å². The highest BCUT2D eigenvalue weighted by Gasteiger charge is 2.35. The number of nitrogens with one attached hydrogen (secondary N) is 1. The van der Waals surface area contributed by atoms with Crippen molar-refractivity contribution < 1.29 is 18.7 Å². The van der Waals surface area contributed by atoms with Gasteiger partial charge in [0.25, 0.3) is 5.91 Å². The molecule has 3 N–H and O–H groups in total. The number of carbonyl (C=O) groups excluding carboxylic acids is 2. The van der Waals surface area contributed by atoms with Crippen molar-refractivity contribution in [1.29, 1.82) is 0 Å². The number of likely N-dealkylation sites (tertiary alicyclic amines) is 1. The molecule has 1 aliphatic carbocycles. The summed E-state index contributed by atoms with van der Waals surface area (Å²) < 4.78 is 23.7. The summed E-state index contributed by atoms with van der Waals surface area (Å²) in [5.41, 5.74) is 7.50. The summed E-state index contributed by atoms with van der Waals surface area (Å²) in [6.07, 6.45) is 6.65. The first-order valence-electron chi connectivity index (χ1n) is 11.9. The van der Waals surface area contributed by atoms with Crippen LogP contribution in [0.15, 0.2) is 37.0 Å². The Balaban J connectivity index is 1.56. The molecule has 5 rings (SSSR count). The Hall–Kier alpha value is -4.30. The van der Waals surface area contributed by atoms with Gasteiger partial charge in [-0.25, -0.2) is 14.1 Å². The molecule has 1 aromatic carbocycles. The standard InChI is InChI=1S/C26H25ClFN7O3/c1-4-20(36)33-11-16(10-17(33)12-38-3)35-26(30-2)21(25(29)37)18(32-35)8-5-14-9-19-24(23(28)22(14)27)34(13-31-19)15-6-7-15/h4,9,12-13,15-16,30H,1,6-7,10-11H2,2-3H3,(H2,29,37)/b17-12+/t16-/m0/s1. The van der Waals surface area contributed by atoms with Crippen molar-refractivity contribution in [2.75, 3.05) is 26.0 Å². The van der Waals surface area contributed by atoms with Gasteiger partial charge in [0.2, 0.25) is 5.91 Å². The van der Waals surface area contributed by atoms with Crippen molar-refractivity contribution in [1.82, 2.24) is 24.2 Å². The van der Waals surface area contributed by atoms with Crippen molar-refractivity contribution >= 4 is 40.3 Å². The first kappa shape index (κ1) is 25.4. The maximum absolute atomic E-state index is 15.2. The van der Waals surface area contributed by atoms with Crippen LogP contribution < -0.4 is 11.1 Å². The lowest BCUT2D eigenvalue weighted by molar-refractivity contribution is -0.123. The maximum atomic E-state index is 15.2. The van der Waals surface area contributed by atoms with Crippen molar-refractivity contribution in [3.8, 4) is 11.8 Å². The number of primary amides is 1. The minimum Gasteiger partial charge on any atom is -0.503 e. The summed E-state index contributed by atoms with van der Waals surface area (Å²) in [6.45, 7) is 3.82.